The molecule has 6 nitrogen and oxygen atoms in total. The summed E-state index contributed by atoms with van der Waals surface area (Å²) in [6.45, 7) is 0.768. The van der Waals surface area contributed by atoms with E-state index in [1.165, 1.54) is 0 Å². The lowest BCUT2D eigenvalue weighted by Gasteiger charge is -2.17. The van der Waals surface area contributed by atoms with Gasteiger partial charge in [-0.05, 0) is 30.7 Å². The van der Waals surface area contributed by atoms with Crippen LogP contribution in [0.2, 0.25) is 0 Å². The number of hydrogen-bond acceptors (Lipinski definition) is 3. The fourth-order valence-electron chi connectivity index (χ4n) is 3.12. The van der Waals surface area contributed by atoms with Crippen molar-refractivity contribution in [2.75, 3.05) is 13.2 Å². The van der Waals surface area contributed by atoms with Crippen LogP contribution in [0.15, 0.2) is 12.4 Å². The summed E-state index contributed by atoms with van der Waals surface area (Å²) < 4.78 is 1.77. The Bertz CT molecular complexity index is 577. The normalized spacial score (nSPS) is 29.1. The summed E-state index contributed by atoms with van der Waals surface area (Å²) in [6.07, 6.45) is 6.89. The molecule has 0 N–H and O–H groups in total. The third kappa shape index (κ3) is 1.90. The largest absolute Gasteiger partial charge is 0.320 e. The molecule has 0 aromatic carbocycles. The van der Waals surface area contributed by atoms with E-state index in [0.717, 1.165) is 24.8 Å². The van der Waals surface area contributed by atoms with Gasteiger partial charge in [0.15, 0.2) is 0 Å². The van der Waals surface area contributed by atoms with Crippen LogP contribution in [0.25, 0.3) is 0 Å². The van der Waals surface area contributed by atoms with Crippen LogP contribution in [-0.2, 0) is 16.6 Å². The highest BCUT2D eigenvalue weighted by Crippen LogP contribution is 2.48. The van der Waals surface area contributed by atoms with Crippen molar-refractivity contribution >= 4 is 11.8 Å². The van der Waals surface area contributed by atoms with Crippen molar-refractivity contribution < 1.29 is 9.59 Å². The van der Waals surface area contributed by atoms with E-state index in [-0.39, 0.29) is 24.3 Å². The molecular formula is C14H18N4O2. The van der Waals surface area contributed by atoms with E-state index in [9.17, 15) is 9.59 Å². The number of aryl methyl sites for hydroxylation is 1. The van der Waals surface area contributed by atoms with E-state index in [1.54, 1.807) is 9.58 Å². The van der Waals surface area contributed by atoms with Gasteiger partial charge in [0, 0.05) is 25.2 Å². The van der Waals surface area contributed by atoms with Crippen molar-refractivity contribution in [3.63, 3.8) is 0 Å². The van der Waals surface area contributed by atoms with E-state index in [2.05, 4.69) is 5.10 Å². The molecule has 106 valence electrons. The van der Waals surface area contributed by atoms with Gasteiger partial charge in [-0.2, -0.15) is 5.10 Å². The summed E-state index contributed by atoms with van der Waals surface area (Å²) in [5, 5.41) is 4.15. The number of carbonyl (C=O) groups is 2. The van der Waals surface area contributed by atoms with E-state index in [4.69, 9.17) is 0 Å². The number of aromatic nitrogens is 2. The number of nitrogens with zero attached hydrogens (tertiary/aromatic N) is 4. The molecule has 2 aliphatic carbocycles. The molecule has 1 aliphatic heterocycles. The highest BCUT2D eigenvalue weighted by molar-refractivity contribution is 5.90. The van der Waals surface area contributed by atoms with Gasteiger partial charge in [0.25, 0.3) is 0 Å². The molecule has 0 unspecified atom stereocenters. The molecule has 0 bridgehead atoms. The Kier molecular flexibility index (Phi) is 2.43. The third-order valence-electron chi connectivity index (χ3n) is 4.53. The van der Waals surface area contributed by atoms with E-state index in [0.29, 0.717) is 18.6 Å². The maximum absolute atomic E-state index is 12.5. The zero-order valence-corrected chi connectivity index (χ0v) is 11.5. The second-order valence-electron chi connectivity index (χ2n) is 6.17. The van der Waals surface area contributed by atoms with E-state index < -0.39 is 0 Å². The fraction of sp³-hybridized carbons (Fsp3) is 0.643. The van der Waals surface area contributed by atoms with E-state index >= 15 is 0 Å². The summed E-state index contributed by atoms with van der Waals surface area (Å²) in [7, 11) is 1.88. The summed E-state index contributed by atoms with van der Waals surface area (Å²) in [6, 6.07) is 0.397. The molecular weight excluding hydrogens is 256 g/mol. The maximum atomic E-state index is 12.5. The molecule has 4 rings (SSSR count). The molecule has 1 aromatic rings. The van der Waals surface area contributed by atoms with Crippen molar-refractivity contribution in [3.8, 4) is 0 Å². The molecule has 2 amide bonds. The van der Waals surface area contributed by atoms with Gasteiger partial charge < -0.3 is 9.80 Å². The minimum atomic E-state index is 0.0474. The Hall–Kier alpha value is -1.85. The first-order valence-corrected chi connectivity index (χ1v) is 7.20. The summed E-state index contributed by atoms with van der Waals surface area (Å²) >= 11 is 0. The minimum Gasteiger partial charge on any atom is -0.320 e. The molecule has 0 radical (unpaired) electrons. The first-order chi connectivity index (χ1) is 9.63. The summed E-state index contributed by atoms with van der Waals surface area (Å²) in [4.78, 5) is 27.9. The first-order valence-electron chi connectivity index (χ1n) is 7.20. The Morgan fingerprint density at radius 1 is 1.40 bits per heavy atom. The quantitative estimate of drug-likeness (QED) is 0.797. The van der Waals surface area contributed by atoms with Gasteiger partial charge in [0.1, 0.15) is 6.54 Å². The molecule has 6 heteroatoms. The van der Waals surface area contributed by atoms with Crippen molar-refractivity contribution in [3.05, 3.63) is 18.0 Å². The molecule has 2 atom stereocenters. The van der Waals surface area contributed by atoms with Gasteiger partial charge in [0.05, 0.1) is 12.9 Å². The van der Waals surface area contributed by atoms with Crippen molar-refractivity contribution in [1.82, 2.24) is 19.6 Å². The number of hydrogen-bond donors (Lipinski definition) is 0. The maximum Gasteiger partial charge on any atom is 0.243 e. The van der Waals surface area contributed by atoms with Gasteiger partial charge in [0.2, 0.25) is 11.8 Å². The number of carbonyl (C=O) groups excluding carboxylic acids is 2. The Morgan fingerprint density at radius 2 is 2.20 bits per heavy atom. The van der Waals surface area contributed by atoms with Crippen LogP contribution in [0.5, 0.6) is 0 Å². The average Bonchev–Trinajstić information content (AvgIpc) is 3.33. The Balaban J connectivity index is 1.41. The van der Waals surface area contributed by atoms with Crippen LogP contribution in [0.4, 0.5) is 0 Å². The van der Waals surface area contributed by atoms with Crippen LogP contribution in [-0.4, -0.2) is 50.6 Å². The van der Waals surface area contributed by atoms with Crippen LogP contribution in [0.3, 0.4) is 0 Å². The average molecular weight is 274 g/mol. The standard InChI is InChI=1S/C14H18N4O2/c1-16-6-9(5-15-16)11-4-12(11)14(20)17-7-13(19)18(8-17)10-2-3-10/h5-6,10-12H,2-4,7-8H2,1H3/t11-,12+/m0/s1. The lowest BCUT2D eigenvalue weighted by atomic mass is 10.2. The van der Waals surface area contributed by atoms with Crippen LogP contribution < -0.4 is 0 Å². The second-order valence-corrected chi connectivity index (χ2v) is 6.17. The van der Waals surface area contributed by atoms with Crippen molar-refractivity contribution in [2.24, 2.45) is 13.0 Å². The SMILES string of the molecule is Cn1cc([C@@H]2C[C@H]2C(=O)N2CC(=O)N(C3CC3)C2)cn1. The summed E-state index contributed by atoms with van der Waals surface area (Å²) in [5.41, 5.74) is 1.13. The topological polar surface area (TPSA) is 58.4 Å². The molecule has 2 heterocycles. The molecule has 1 saturated heterocycles. The number of rotatable bonds is 3. The molecule has 1 aromatic heterocycles. The third-order valence-corrected chi connectivity index (χ3v) is 4.53. The molecule has 3 aliphatic rings. The molecule has 20 heavy (non-hydrogen) atoms. The first kappa shape index (κ1) is 11.9. The van der Waals surface area contributed by atoms with Gasteiger partial charge in [-0.1, -0.05) is 0 Å². The van der Waals surface area contributed by atoms with E-state index in [1.807, 2.05) is 24.3 Å². The highest BCUT2D eigenvalue weighted by atomic mass is 16.2. The van der Waals surface area contributed by atoms with Gasteiger partial charge in [-0.3, -0.25) is 14.3 Å². The molecule has 2 saturated carbocycles. The fourth-order valence-corrected chi connectivity index (χ4v) is 3.12. The minimum absolute atomic E-state index is 0.0474. The predicted octanol–water partition coefficient (Wildman–Crippen LogP) is 0.314. The van der Waals surface area contributed by atoms with Crippen LogP contribution in [0.1, 0.15) is 30.7 Å². The lowest BCUT2D eigenvalue weighted by Crippen LogP contribution is -2.33. The Morgan fingerprint density at radius 3 is 2.85 bits per heavy atom. The van der Waals surface area contributed by atoms with Crippen LogP contribution in [0, 0.1) is 5.92 Å². The predicted molar refractivity (Wildman–Crippen MR) is 70.5 cm³/mol. The van der Waals surface area contributed by atoms with Crippen molar-refractivity contribution in [1.29, 1.82) is 0 Å². The highest BCUT2D eigenvalue weighted by Gasteiger charge is 2.49. The summed E-state index contributed by atoms with van der Waals surface area (Å²) in [5.74, 6) is 0.585. The monoisotopic (exact) mass is 274 g/mol. The van der Waals surface area contributed by atoms with Crippen LogP contribution >= 0.6 is 0 Å². The van der Waals surface area contributed by atoms with Crippen molar-refractivity contribution in [2.45, 2.75) is 31.2 Å². The second kappa shape index (κ2) is 4.07. The van der Waals surface area contributed by atoms with Gasteiger partial charge >= 0.3 is 0 Å². The lowest BCUT2D eigenvalue weighted by molar-refractivity contribution is -0.133. The molecule has 3 fully saturated rings. The van der Waals surface area contributed by atoms with Gasteiger partial charge in [-0.25, -0.2) is 0 Å². The smallest absolute Gasteiger partial charge is 0.243 e. The molecule has 0 spiro atoms. The van der Waals surface area contributed by atoms with Gasteiger partial charge in [-0.15, -0.1) is 0 Å². The number of amides is 2. The Labute approximate surface area is 117 Å². The zero-order valence-electron chi connectivity index (χ0n) is 11.5. The zero-order chi connectivity index (χ0) is 13.9.